The number of nitrogens with one attached hydrogen (secondary N) is 1. The van der Waals surface area contributed by atoms with Crippen LogP contribution in [0.3, 0.4) is 0 Å². The molecule has 0 spiro atoms. The van der Waals surface area contributed by atoms with Crippen molar-refractivity contribution >= 4 is 34.0 Å². The molecule has 5 heteroatoms. The van der Waals surface area contributed by atoms with Gasteiger partial charge in [0, 0.05) is 39.1 Å². The third-order valence-corrected chi connectivity index (χ3v) is 4.09. The Morgan fingerprint density at radius 2 is 1.95 bits per heavy atom. The average molecular weight is 322 g/mol. The maximum Gasteiger partial charge on any atom is 0.255 e. The molecule has 3 nitrogen and oxygen atoms in total. The summed E-state index contributed by atoms with van der Waals surface area (Å²) in [7, 11) is -0.917. The van der Waals surface area contributed by atoms with Gasteiger partial charge in [0.15, 0.2) is 0 Å². The van der Waals surface area contributed by atoms with Crippen molar-refractivity contribution in [2.24, 2.45) is 0 Å². The van der Waals surface area contributed by atoms with E-state index in [1.54, 1.807) is 30.5 Å². The Hall–Kier alpha value is -1.65. The van der Waals surface area contributed by atoms with Gasteiger partial charge in [0.05, 0.1) is 0 Å². The largest absolute Gasteiger partial charge is 0.322 e. The lowest BCUT2D eigenvalue weighted by atomic mass is 10.1. The molecule has 0 aromatic heterocycles. The van der Waals surface area contributed by atoms with Crippen LogP contribution in [0.15, 0.2) is 42.5 Å². The van der Waals surface area contributed by atoms with E-state index >= 15 is 0 Å². The van der Waals surface area contributed by atoms with Crippen LogP contribution in [0, 0.1) is 6.92 Å². The monoisotopic (exact) mass is 321 g/mol. The van der Waals surface area contributed by atoms with Crippen LogP contribution in [0.1, 0.15) is 21.5 Å². The molecule has 0 heterocycles. The molecule has 1 unspecified atom stereocenters. The SMILES string of the molecule is Cc1c(CS(C)=O)cccc1NC(=O)c1cccc(Cl)c1. The van der Waals surface area contributed by atoms with Crippen molar-refractivity contribution in [2.45, 2.75) is 12.7 Å². The van der Waals surface area contributed by atoms with E-state index in [1.807, 2.05) is 25.1 Å². The lowest BCUT2D eigenvalue weighted by Crippen LogP contribution is -2.13. The Morgan fingerprint density at radius 3 is 2.62 bits per heavy atom. The molecular formula is C16H16ClNO2S. The van der Waals surface area contributed by atoms with Crippen LogP contribution >= 0.6 is 11.6 Å². The molecule has 0 aliphatic carbocycles. The highest BCUT2D eigenvalue weighted by Crippen LogP contribution is 2.21. The van der Waals surface area contributed by atoms with Crippen LogP contribution in [0.25, 0.3) is 0 Å². The lowest BCUT2D eigenvalue weighted by Gasteiger charge is -2.12. The fourth-order valence-electron chi connectivity index (χ4n) is 2.02. The Bertz CT molecular complexity index is 700. The van der Waals surface area contributed by atoms with Gasteiger partial charge in [-0.25, -0.2) is 0 Å². The molecule has 1 atom stereocenters. The van der Waals surface area contributed by atoms with Gasteiger partial charge in [0.25, 0.3) is 5.91 Å². The summed E-state index contributed by atoms with van der Waals surface area (Å²) >= 11 is 5.89. The highest BCUT2D eigenvalue weighted by molar-refractivity contribution is 7.83. The molecular weight excluding hydrogens is 306 g/mol. The Balaban J connectivity index is 2.23. The van der Waals surface area contributed by atoms with Crippen LogP contribution in [0.5, 0.6) is 0 Å². The van der Waals surface area contributed by atoms with E-state index < -0.39 is 10.8 Å². The molecule has 0 saturated heterocycles. The number of rotatable bonds is 4. The zero-order chi connectivity index (χ0) is 15.4. The Kier molecular flexibility index (Phi) is 5.15. The number of halogens is 1. The maximum absolute atomic E-state index is 12.2. The number of amides is 1. The first-order valence-corrected chi connectivity index (χ1v) is 8.53. The van der Waals surface area contributed by atoms with E-state index in [-0.39, 0.29) is 5.91 Å². The molecule has 2 aromatic carbocycles. The van der Waals surface area contributed by atoms with Gasteiger partial charge in [-0.1, -0.05) is 29.8 Å². The first-order chi connectivity index (χ1) is 9.97. The summed E-state index contributed by atoms with van der Waals surface area (Å²) < 4.78 is 11.4. The first kappa shape index (κ1) is 15.7. The highest BCUT2D eigenvalue weighted by Gasteiger charge is 2.10. The predicted molar refractivity (Wildman–Crippen MR) is 88.4 cm³/mol. The van der Waals surface area contributed by atoms with Crippen molar-refractivity contribution in [3.05, 3.63) is 64.2 Å². The Labute approximate surface area is 131 Å². The number of hydrogen-bond donors (Lipinski definition) is 1. The second-order valence-corrected chi connectivity index (χ2v) is 6.64. The third-order valence-electron chi connectivity index (χ3n) is 3.14. The van der Waals surface area contributed by atoms with Crippen molar-refractivity contribution in [3.8, 4) is 0 Å². The van der Waals surface area contributed by atoms with Gasteiger partial charge < -0.3 is 5.32 Å². The van der Waals surface area contributed by atoms with Gasteiger partial charge in [-0.05, 0) is 42.3 Å². The summed E-state index contributed by atoms with van der Waals surface area (Å²) in [5.41, 5.74) is 3.14. The summed E-state index contributed by atoms with van der Waals surface area (Å²) in [6.07, 6.45) is 1.66. The van der Waals surface area contributed by atoms with Crippen LogP contribution in [-0.4, -0.2) is 16.4 Å². The average Bonchev–Trinajstić information content (AvgIpc) is 2.42. The summed E-state index contributed by atoms with van der Waals surface area (Å²) in [4.78, 5) is 12.2. The first-order valence-electron chi connectivity index (χ1n) is 6.43. The van der Waals surface area contributed by atoms with E-state index in [4.69, 9.17) is 11.6 Å². The number of carbonyl (C=O) groups excluding carboxylic acids is 1. The van der Waals surface area contributed by atoms with E-state index in [0.717, 1.165) is 16.8 Å². The summed E-state index contributed by atoms with van der Waals surface area (Å²) in [5.74, 6) is 0.266. The normalized spacial score (nSPS) is 12.0. The summed E-state index contributed by atoms with van der Waals surface area (Å²) in [6.45, 7) is 1.91. The second-order valence-electron chi connectivity index (χ2n) is 4.77. The molecule has 0 bridgehead atoms. The van der Waals surface area contributed by atoms with Crippen molar-refractivity contribution in [1.29, 1.82) is 0 Å². The minimum Gasteiger partial charge on any atom is -0.322 e. The Morgan fingerprint density at radius 1 is 1.24 bits per heavy atom. The van der Waals surface area contributed by atoms with Crippen LogP contribution < -0.4 is 5.32 Å². The van der Waals surface area contributed by atoms with Gasteiger partial charge >= 0.3 is 0 Å². The molecule has 0 saturated carbocycles. The van der Waals surface area contributed by atoms with Crippen LogP contribution in [0.2, 0.25) is 5.02 Å². The number of hydrogen-bond acceptors (Lipinski definition) is 2. The minimum absolute atomic E-state index is 0.213. The molecule has 2 rings (SSSR count). The summed E-state index contributed by atoms with van der Waals surface area (Å²) in [6, 6.07) is 12.4. The second kappa shape index (κ2) is 6.87. The van der Waals surface area contributed by atoms with Crippen molar-refractivity contribution < 1.29 is 9.00 Å². The van der Waals surface area contributed by atoms with E-state index in [1.165, 1.54) is 0 Å². The van der Waals surface area contributed by atoms with E-state index in [0.29, 0.717) is 16.3 Å². The molecule has 0 aliphatic heterocycles. The summed E-state index contributed by atoms with van der Waals surface area (Å²) in [5, 5.41) is 3.39. The molecule has 1 N–H and O–H groups in total. The van der Waals surface area contributed by atoms with Gasteiger partial charge in [0.1, 0.15) is 0 Å². The highest BCUT2D eigenvalue weighted by atomic mass is 35.5. The van der Waals surface area contributed by atoms with E-state index in [9.17, 15) is 9.00 Å². The van der Waals surface area contributed by atoms with Gasteiger partial charge in [0.2, 0.25) is 0 Å². The van der Waals surface area contributed by atoms with Gasteiger partial charge in [-0.3, -0.25) is 9.00 Å². The molecule has 2 aromatic rings. The molecule has 0 fully saturated rings. The zero-order valence-corrected chi connectivity index (χ0v) is 13.4. The predicted octanol–water partition coefficient (Wildman–Crippen LogP) is 3.78. The topological polar surface area (TPSA) is 46.2 Å². The fourth-order valence-corrected chi connectivity index (χ4v) is 2.96. The third kappa shape index (κ3) is 4.16. The van der Waals surface area contributed by atoms with Crippen molar-refractivity contribution in [1.82, 2.24) is 0 Å². The van der Waals surface area contributed by atoms with Gasteiger partial charge in [-0.2, -0.15) is 0 Å². The number of carbonyl (C=O) groups is 1. The quantitative estimate of drug-likeness (QED) is 0.931. The number of anilines is 1. The van der Waals surface area contributed by atoms with Crippen LogP contribution in [0.4, 0.5) is 5.69 Å². The minimum atomic E-state index is -0.917. The van der Waals surface area contributed by atoms with Crippen LogP contribution in [-0.2, 0) is 16.6 Å². The maximum atomic E-state index is 12.2. The smallest absolute Gasteiger partial charge is 0.255 e. The molecule has 110 valence electrons. The van der Waals surface area contributed by atoms with Gasteiger partial charge in [-0.15, -0.1) is 0 Å². The number of benzene rings is 2. The molecule has 0 aliphatic rings. The molecule has 0 radical (unpaired) electrons. The molecule has 21 heavy (non-hydrogen) atoms. The molecule has 1 amide bonds. The lowest BCUT2D eigenvalue weighted by molar-refractivity contribution is 0.102. The standard InChI is InChI=1S/C16H16ClNO2S/c1-11-13(10-21(2)20)6-4-8-15(11)18-16(19)12-5-3-7-14(17)9-12/h3-9H,10H2,1-2H3,(H,18,19). The zero-order valence-electron chi connectivity index (χ0n) is 11.9. The van der Waals surface area contributed by atoms with E-state index in [2.05, 4.69) is 5.32 Å². The van der Waals surface area contributed by atoms with Crippen molar-refractivity contribution in [3.63, 3.8) is 0 Å². The van der Waals surface area contributed by atoms with Crippen molar-refractivity contribution in [2.75, 3.05) is 11.6 Å². The fraction of sp³-hybridized carbons (Fsp3) is 0.188.